The Morgan fingerprint density at radius 3 is 1.81 bits per heavy atom. The molecule has 53 heavy (non-hydrogen) atoms. The van der Waals surface area contributed by atoms with Crippen LogP contribution in [0.15, 0.2) is 180 Å². The zero-order valence-electron chi connectivity index (χ0n) is 28.9. The topological polar surface area (TPSA) is 33.7 Å². The molecule has 0 saturated heterocycles. The van der Waals surface area contributed by atoms with E-state index in [1.807, 2.05) is 12.1 Å². The molecule has 0 spiro atoms. The van der Waals surface area contributed by atoms with Gasteiger partial charge in [0.15, 0.2) is 5.82 Å². The van der Waals surface area contributed by atoms with Crippen LogP contribution < -0.4 is 4.90 Å². The van der Waals surface area contributed by atoms with E-state index in [2.05, 4.69) is 173 Å². The molecule has 0 fully saturated rings. The SMILES string of the molecule is c1ccc2c(c1)Cc1ccccc1-c1cc(N(c3ccc4oc5ccccc5c4c3)c3cc4ccc5ccccc5n4n3)ccc1Cc1ccccc1-2. The van der Waals surface area contributed by atoms with Crippen LogP contribution in [0.1, 0.15) is 22.3 Å². The summed E-state index contributed by atoms with van der Waals surface area (Å²) in [4.78, 5) is 2.30. The fourth-order valence-electron chi connectivity index (χ4n) is 8.40. The normalized spacial score (nSPS) is 12.4. The minimum atomic E-state index is 0.821. The Morgan fingerprint density at radius 2 is 1.04 bits per heavy atom. The third kappa shape index (κ3) is 4.87. The highest BCUT2D eigenvalue weighted by Gasteiger charge is 2.23. The third-order valence-electron chi connectivity index (χ3n) is 10.9. The van der Waals surface area contributed by atoms with Crippen molar-refractivity contribution in [3.8, 4) is 22.3 Å². The highest BCUT2D eigenvalue weighted by Crippen LogP contribution is 2.43. The lowest BCUT2D eigenvalue weighted by Gasteiger charge is -2.26. The summed E-state index contributed by atoms with van der Waals surface area (Å²) >= 11 is 0. The van der Waals surface area contributed by atoms with E-state index < -0.39 is 0 Å². The van der Waals surface area contributed by atoms with Crippen molar-refractivity contribution in [3.05, 3.63) is 198 Å². The zero-order valence-corrected chi connectivity index (χ0v) is 28.9. The van der Waals surface area contributed by atoms with Gasteiger partial charge in [0.1, 0.15) is 11.2 Å². The van der Waals surface area contributed by atoms with Crippen LogP contribution in [-0.2, 0) is 12.8 Å². The molecule has 0 radical (unpaired) electrons. The van der Waals surface area contributed by atoms with Crippen LogP contribution in [-0.4, -0.2) is 9.61 Å². The molecule has 0 amide bonds. The molecular weight excluding hydrogens is 647 g/mol. The van der Waals surface area contributed by atoms with Gasteiger partial charge in [-0.05, 0) is 106 Å². The molecule has 0 atom stereocenters. The van der Waals surface area contributed by atoms with Crippen LogP contribution in [0, 0.1) is 0 Å². The van der Waals surface area contributed by atoms with Gasteiger partial charge in [0, 0.05) is 33.6 Å². The Morgan fingerprint density at radius 1 is 0.453 bits per heavy atom. The predicted molar refractivity (Wildman–Crippen MR) is 218 cm³/mol. The summed E-state index contributed by atoms with van der Waals surface area (Å²) in [6.07, 6.45) is 1.67. The minimum absolute atomic E-state index is 0.821. The van der Waals surface area contributed by atoms with Crippen LogP contribution in [0.5, 0.6) is 0 Å². The number of aromatic nitrogens is 2. The van der Waals surface area contributed by atoms with Gasteiger partial charge in [0.05, 0.1) is 11.0 Å². The van der Waals surface area contributed by atoms with Gasteiger partial charge in [-0.2, -0.15) is 0 Å². The van der Waals surface area contributed by atoms with Crippen molar-refractivity contribution in [3.63, 3.8) is 0 Å². The number of furan rings is 1. The van der Waals surface area contributed by atoms with E-state index >= 15 is 0 Å². The second-order valence-corrected chi connectivity index (χ2v) is 14.0. The van der Waals surface area contributed by atoms with E-state index in [0.29, 0.717) is 0 Å². The van der Waals surface area contributed by atoms with E-state index in [9.17, 15) is 0 Å². The molecule has 4 nitrogen and oxygen atoms in total. The van der Waals surface area contributed by atoms with Crippen LogP contribution in [0.2, 0.25) is 0 Å². The number of anilines is 3. The smallest absolute Gasteiger partial charge is 0.160 e. The summed E-state index contributed by atoms with van der Waals surface area (Å²) < 4.78 is 8.34. The molecule has 0 saturated carbocycles. The number of pyridine rings is 1. The maximum atomic E-state index is 6.27. The van der Waals surface area contributed by atoms with Crippen LogP contribution >= 0.6 is 0 Å². The molecular formula is C49H33N3O. The summed E-state index contributed by atoms with van der Waals surface area (Å²) in [7, 11) is 0. The van der Waals surface area contributed by atoms with Gasteiger partial charge in [-0.1, -0.05) is 121 Å². The molecule has 4 heteroatoms. The number of benzene rings is 7. The van der Waals surface area contributed by atoms with Crippen molar-refractivity contribution in [1.82, 2.24) is 9.61 Å². The van der Waals surface area contributed by atoms with Gasteiger partial charge >= 0.3 is 0 Å². The highest BCUT2D eigenvalue weighted by atomic mass is 16.3. The van der Waals surface area contributed by atoms with Crippen molar-refractivity contribution in [2.24, 2.45) is 0 Å². The highest BCUT2D eigenvalue weighted by molar-refractivity contribution is 6.06. The molecule has 0 bridgehead atoms. The number of rotatable bonds is 3. The van der Waals surface area contributed by atoms with E-state index in [0.717, 1.165) is 68.4 Å². The largest absolute Gasteiger partial charge is 0.456 e. The summed E-state index contributed by atoms with van der Waals surface area (Å²) in [5.74, 6) is 0.848. The first kappa shape index (κ1) is 29.8. The Balaban J connectivity index is 1.16. The average Bonchev–Trinajstić information content (AvgIpc) is 3.81. The number of hydrogen-bond acceptors (Lipinski definition) is 3. The van der Waals surface area contributed by atoms with Crippen molar-refractivity contribution in [2.45, 2.75) is 12.8 Å². The zero-order chi connectivity index (χ0) is 34.9. The molecule has 3 aromatic heterocycles. The van der Waals surface area contributed by atoms with Crippen LogP contribution in [0.3, 0.4) is 0 Å². The van der Waals surface area contributed by atoms with Crippen LogP contribution in [0.4, 0.5) is 17.2 Å². The fraction of sp³-hybridized carbons (Fsp3) is 0.0408. The second-order valence-electron chi connectivity index (χ2n) is 14.0. The number of fused-ring (bicyclic) bond motifs is 12. The van der Waals surface area contributed by atoms with Crippen molar-refractivity contribution < 1.29 is 4.42 Å². The summed E-state index contributed by atoms with van der Waals surface area (Å²) in [6, 6.07) is 63.4. The number of para-hydroxylation sites is 2. The lowest BCUT2D eigenvalue weighted by atomic mass is 9.84. The van der Waals surface area contributed by atoms with Gasteiger partial charge < -0.3 is 4.42 Å². The van der Waals surface area contributed by atoms with E-state index in [1.54, 1.807) is 0 Å². The fourth-order valence-corrected chi connectivity index (χ4v) is 8.40. The standard InChI is InChI=1S/C49H33N3O/c1-5-15-40-33(12-1)27-35-14-3-7-17-42(35)44-29-37(23-22-36(44)28-34-13-2-6-16-41(34)40)51(38-25-26-48-45(30-38)43-18-8-10-20-47(43)53-48)49-31-39-24-21-32-11-4-9-19-46(32)52(39)50-49/h1-26,29-31H,27-28H2. The molecule has 1 aliphatic carbocycles. The maximum absolute atomic E-state index is 6.27. The summed E-state index contributed by atoms with van der Waals surface area (Å²) in [6.45, 7) is 0. The van der Waals surface area contributed by atoms with Gasteiger partial charge in [-0.15, -0.1) is 5.10 Å². The monoisotopic (exact) mass is 679 g/mol. The van der Waals surface area contributed by atoms with Gasteiger partial charge in [0.2, 0.25) is 0 Å². The van der Waals surface area contributed by atoms with E-state index in [4.69, 9.17) is 9.52 Å². The molecule has 0 N–H and O–H groups in total. The average molecular weight is 680 g/mol. The second kappa shape index (κ2) is 11.8. The first-order valence-electron chi connectivity index (χ1n) is 18.2. The van der Waals surface area contributed by atoms with Crippen molar-refractivity contribution >= 4 is 55.6 Å². The van der Waals surface area contributed by atoms with Crippen molar-refractivity contribution in [2.75, 3.05) is 4.90 Å². The third-order valence-corrected chi connectivity index (χ3v) is 10.9. The first-order chi connectivity index (χ1) is 26.2. The molecule has 250 valence electrons. The summed E-state index contributed by atoms with van der Waals surface area (Å²) in [5, 5.41) is 8.65. The molecule has 0 unspecified atom stereocenters. The minimum Gasteiger partial charge on any atom is -0.456 e. The Kier molecular flexibility index (Phi) is 6.65. The Hall–Kier alpha value is -6.91. The quantitative estimate of drug-likeness (QED) is 0.186. The molecule has 7 aromatic carbocycles. The van der Waals surface area contributed by atoms with Gasteiger partial charge in [-0.25, -0.2) is 4.52 Å². The van der Waals surface area contributed by atoms with E-state index in [1.165, 1.54) is 44.5 Å². The van der Waals surface area contributed by atoms with Gasteiger partial charge in [0.25, 0.3) is 0 Å². The molecule has 11 rings (SSSR count). The number of hydrogen-bond donors (Lipinski definition) is 0. The lowest BCUT2D eigenvalue weighted by molar-refractivity contribution is 0.669. The lowest BCUT2D eigenvalue weighted by Crippen LogP contribution is -2.12. The Bertz CT molecular complexity index is 3030. The predicted octanol–water partition coefficient (Wildman–Crippen LogP) is 12.7. The van der Waals surface area contributed by atoms with Crippen LogP contribution in [0.25, 0.3) is 60.6 Å². The first-order valence-corrected chi connectivity index (χ1v) is 18.2. The molecule has 0 aliphatic heterocycles. The molecule has 3 heterocycles. The maximum Gasteiger partial charge on any atom is 0.160 e. The molecule has 1 aliphatic rings. The summed E-state index contributed by atoms with van der Waals surface area (Å²) in [5.41, 5.74) is 16.3. The van der Waals surface area contributed by atoms with Gasteiger partial charge in [-0.3, -0.25) is 4.90 Å². The number of nitrogens with zero attached hydrogens (tertiary/aromatic N) is 3. The van der Waals surface area contributed by atoms with E-state index in [-0.39, 0.29) is 0 Å². The molecule has 10 aromatic rings. The van der Waals surface area contributed by atoms with Crippen molar-refractivity contribution in [1.29, 1.82) is 0 Å². The Labute approximate surface area is 306 Å².